The lowest BCUT2D eigenvalue weighted by atomic mass is 9.96. The average molecular weight is 523 g/mol. The molecule has 0 unspecified atom stereocenters. The zero-order valence-electron chi connectivity index (χ0n) is 19.0. The predicted molar refractivity (Wildman–Crippen MR) is 118 cm³/mol. The molecule has 4 rings (SSSR count). The highest BCUT2D eigenvalue weighted by Crippen LogP contribution is 2.49. The number of ketones is 1. The first-order valence-electron chi connectivity index (χ1n) is 10.9. The van der Waals surface area contributed by atoms with Crippen molar-refractivity contribution in [3.63, 3.8) is 0 Å². The SMILES string of the molecule is O=C(CC1(C(=O)NCc2ccc(Nc3ccc(C(F)(F)F)cc3C(F)(F)F)cn2)CC1)c1cncnc1. The van der Waals surface area contributed by atoms with E-state index in [1.54, 1.807) is 0 Å². The lowest BCUT2D eigenvalue weighted by molar-refractivity contribution is -0.142. The Kier molecular flexibility index (Phi) is 6.89. The summed E-state index contributed by atoms with van der Waals surface area (Å²) in [6.07, 6.45) is -3.59. The van der Waals surface area contributed by atoms with Crippen molar-refractivity contribution in [3.8, 4) is 0 Å². The molecule has 1 aromatic carbocycles. The van der Waals surface area contributed by atoms with Crippen LogP contribution < -0.4 is 10.6 Å². The number of carbonyl (C=O) groups is 2. The molecule has 2 aromatic heterocycles. The van der Waals surface area contributed by atoms with Gasteiger partial charge in [-0.15, -0.1) is 0 Å². The third kappa shape index (κ3) is 6.22. The van der Waals surface area contributed by atoms with E-state index in [1.165, 1.54) is 37.1 Å². The van der Waals surface area contributed by atoms with Crippen LogP contribution in [0.1, 0.15) is 46.4 Å². The summed E-state index contributed by atoms with van der Waals surface area (Å²) < 4.78 is 78.6. The van der Waals surface area contributed by atoms with Crippen LogP contribution in [0.3, 0.4) is 0 Å². The monoisotopic (exact) mass is 523 g/mol. The Morgan fingerprint density at radius 2 is 1.62 bits per heavy atom. The van der Waals surface area contributed by atoms with Crippen molar-refractivity contribution >= 4 is 23.1 Å². The van der Waals surface area contributed by atoms with Crippen LogP contribution in [0.4, 0.5) is 37.7 Å². The molecular formula is C24H19F6N5O2. The largest absolute Gasteiger partial charge is 0.418 e. The van der Waals surface area contributed by atoms with E-state index in [9.17, 15) is 35.9 Å². The van der Waals surface area contributed by atoms with Gasteiger partial charge < -0.3 is 10.6 Å². The Balaban J connectivity index is 1.38. The molecule has 2 heterocycles. The Bertz CT molecular complexity index is 1290. The zero-order valence-corrected chi connectivity index (χ0v) is 19.0. The molecule has 1 aliphatic rings. The van der Waals surface area contributed by atoms with Crippen LogP contribution in [-0.4, -0.2) is 26.6 Å². The second kappa shape index (κ2) is 9.79. The van der Waals surface area contributed by atoms with E-state index in [4.69, 9.17) is 0 Å². The Morgan fingerprint density at radius 1 is 0.919 bits per heavy atom. The molecular weight excluding hydrogens is 504 g/mol. The standard InChI is InChI=1S/C24H19F6N5O2/c25-23(26,27)15-1-4-19(18(7-15)24(28,29)30)35-17-3-2-16(33-12-17)11-34-21(37)22(5-6-22)8-20(36)14-9-31-13-32-10-14/h1-4,7,9-10,12-13,35H,5-6,8,11H2,(H,34,37). The second-order valence-electron chi connectivity index (χ2n) is 8.61. The molecule has 1 fully saturated rings. The fourth-order valence-electron chi connectivity index (χ4n) is 3.67. The number of rotatable bonds is 8. The minimum atomic E-state index is -5.02. The highest BCUT2D eigenvalue weighted by Gasteiger charge is 2.51. The fourth-order valence-corrected chi connectivity index (χ4v) is 3.67. The number of hydrogen-bond donors (Lipinski definition) is 2. The number of Topliss-reactive ketones (excluding diaryl/α,β-unsaturated/α-hetero) is 1. The number of halogens is 6. The maximum Gasteiger partial charge on any atom is 0.418 e. The van der Waals surface area contributed by atoms with Gasteiger partial charge in [0.1, 0.15) is 6.33 Å². The second-order valence-corrected chi connectivity index (χ2v) is 8.61. The van der Waals surface area contributed by atoms with Crippen molar-refractivity contribution < 1.29 is 35.9 Å². The normalized spacial score (nSPS) is 14.6. The van der Waals surface area contributed by atoms with Gasteiger partial charge in [0, 0.05) is 18.8 Å². The number of benzene rings is 1. The quantitative estimate of drug-likeness (QED) is 0.306. The van der Waals surface area contributed by atoms with Crippen LogP contribution in [0, 0.1) is 5.41 Å². The van der Waals surface area contributed by atoms with Gasteiger partial charge in [0.05, 0.1) is 51.9 Å². The van der Waals surface area contributed by atoms with Gasteiger partial charge in [-0.25, -0.2) is 9.97 Å². The van der Waals surface area contributed by atoms with Gasteiger partial charge in [0.25, 0.3) is 0 Å². The first-order valence-corrected chi connectivity index (χ1v) is 10.9. The van der Waals surface area contributed by atoms with Gasteiger partial charge in [0.2, 0.25) is 5.91 Å². The van der Waals surface area contributed by atoms with E-state index < -0.39 is 34.6 Å². The molecule has 0 spiro atoms. The van der Waals surface area contributed by atoms with Crippen LogP contribution in [0.25, 0.3) is 0 Å². The molecule has 0 aliphatic heterocycles. The van der Waals surface area contributed by atoms with Gasteiger partial charge in [-0.2, -0.15) is 26.3 Å². The summed E-state index contributed by atoms with van der Waals surface area (Å²) in [6, 6.07) is 4.14. The molecule has 0 bridgehead atoms. The number of amides is 1. The van der Waals surface area contributed by atoms with Crippen molar-refractivity contribution in [2.24, 2.45) is 5.41 Å². The summed E-state index contributed by atoms with van der Waals surface area (Å²) in [5, 5.41) is 5.15. The summed E-state index contributed by atoms with van der Waals surface area (Å²) >= 11 is 0. The summed E-state index contributed by atoms with van der Waals surface area (Å²) in [5.41, 5.74) is -3.45. The molecule has 1 amide bonds. The number of aromatic nitrogens is 3. The van der Waals surface area contributed by atoms with Gasteiger partial charge in [0.15, 0.2) is 5.78 Å². The van der Waals surface area contributed by atoms with Crippen LogP contribution in [0.2, 0.25) is 0 Å². The number of hydrogen-bond acceptors (Lipinski definition) is 6. The minimum absolute atomic E-state index is 0.0111. The van der Waals surface area contributed by atoms with Crippen molar-refractivity contribution in [1.82, 2.24) is 20.3 Å². The molecule has 0 radical (unpaired) electrons. The minimum Gasteiger partial charge on any atom is -0.354 e. The Hall–Kier alpha value is -4.03. The number of nitrogens with zero attached hydrogens (tertiary/aromatic N) is 3. The van der Waals surface area contributed by atoms with Crippen molar-refractivity contribution in [1.29, 1.82) is 0 Å². The van der Waals surface area contributed by atoms with Crippen LogP contribution in [0.15, 0.2) is 55.2 Å². The van der Waals surface area contributed by atoms with Gasteiger partial charge in [-0.3, -0.25) is 14.6 Å². The van der Waals surface area contributed by atoms with Crippen LogP contribution in [-0.2, 0) is 23.7 Å². The first-order chi connectivity index (χ1) is 17.4. The maximum atomic E-state index is 13.3. The highest BCUT2D eigenvalue weighted by atomic mass is 19.4. The Morgan fingerprint density at radius 3 is 2.19 bits per heavy atom. The number of alkyl halides is 6. The van der Waals surface area contributed by atoms with Crippen LogP contribution in [0.5, 0.6) is 0 Å². The molecule has 194 valence electrons. The first kappa shape index (κ1) is 26.0. The molecule has 1 saturated carbocycles. The van der Waals surface area contributed by atoms with E-state index in [1.807, 2.05) is 0 Å². The molecule has 1 aliphatic carbocycles. The molecule has 2 N–H and O–H groups in total. The third-order valence-corrected chi connectivity index (χ3v) is 5.90. The predicted octanol–water partition coefficient (Wildman–Crippen LogP) is 5.32. The van der Waals surface area contributed by atoms with E-state index in [2.05, 4.69) is 25.6 Å². The van der Waals surface area contributed by atoms with Crippen molar-refractivity contribution in [2.75, 3.05) is 5.32 Å². The summed E-state index contributed by atoms with van der Waals surface area (Å²) in [7, 11) is 0. The zero-order chi connectivity index (χ0) is 26.8. The van der Waals surface area contributed by atoms with E-state index in [-0.39, 0.29) is 36.4 Å². The van der Waals surface area contributed by atoms with E-state index in [0.29, 0.717) is 36.2 Å². The van der Waals surface area contributed by atoms with Crippen molar-refractivity contribution in [2.45, 2.75) is 38.2 Å². The topological polar surface area (TPSA) is 96.9 Å². The van der Waals surface area contributed by atoms with Gasteiger partial charge in [-0.1, -0.05) is 0 Å². The molecule has 0 atom stereocenters. The number of pyridine rings is 1. The maximum absolute atomic E-state index is 13.3. The molecule has 7 nitrogen and oxygen atoms in total. The summed E-state index contributed by atoms with van der Waals surface area (Å²) in [6.45, 7) is 0.0115. The van der Waals surface area contributed by atoms with Gasteiger partial charge >= 0.3 is 12.4 Å². The highest BCUT2D eigenvalue weighted by molar-refractivity contribution is 6.00. The number of carbonyl (C=O) groups excluding carboxylic acids is 2. The van der Waals surface area contributed by atoms with E-state index in [0.717, 1.165) is 0 Å². The molecule has 37 heavy (non-hydrogen) atoms. The molecule has 0 saturated heterocycles. The molecule has 13 heteroatoms. The third-order valence-electron chi connectivity index (χ3n) is 5.90. The number of nitrogens with one attached hydrogen (secondary N) is 2. The summed E-state index contributed by atoms with van der Waals surface area (Å²) in [4.78, 5) is 36.8. The van der Waals surface area contributed by atoms with Gasteiger partial charge in [-0.05, 0) is 43.2 Å². The van der Waals surface area contributed by atoms with Crippen LogP contribution >= 0.6 is 0 Å². The Labute approximate surface area is 206 Å². The lowest BCUT2D eigenvalue weighted by Crippen LogP contribution is -2.33. The fraction of sp³-hybridized carbons (Fsp3) is 0.292. The van der Waals surface area contributed by atoms with Crippen molar-refractivity contribution in [3.05, 3.63) is 77.6 Å². The number of anilines is 2. The van der Waals surface area contributed by atoms with E-state index >= 15 is 0 Å². The lowest BCUT2D eigenvalue weighted by Gasteiger charge is -2.17. The average Bonchev–Trinajstić information content (AvgIpc) is 3.63. The summed E-state index contributed by atoms with van der Waals surface area (Å²) in [5.74, 6) is -0.565. The smallest absolute Gasteiger partial charge is 0.354 e. The molecule has 3 aromatic rings.